The first-order chi connectivity index (χ1) is 15.5. The summed E-state index contributed by atoms with van der Waals surface area (Å²) < 4.78 is 7.07. The van der Waals surface area contributed by atoms with Gasteiger partial charge in [0.05, 0.1) is 48.9 Å². The Kier molecular flexibility index (Phi) is 6.13. The minimum absolute atomic E-state index is 0.0526. The number of aromatic nitrogens is 5. The van der Waals surface area contributed by atoms with E-state index in [9.17, 15) is 5.11 Å². The van der Waals surface area contributed by atoms with Crippen LogP contribution < -0.4 is 10.1 Å². The van der Waals surface area contributed by atoms with Crippen LogP contribution in [0.2, 0.25) is 0 Å². The Morgan fingerprint density at radius 2 is 1.84 bits per heavy atom. The molecule has 8 heteroatoms. The molecule has 0 aliphatic heterocycles. The van der Waals surface area contributed by atoms with Gasteiger partial charge in [0.2, 0.25) is 0 Å². The summed E-state index contributed by atoms with van der Waals surface area (Å²) in [6.07, 6.45) is 3.60. The number of aryl methyl sites for hydroxylation is 2. The third-order valence-electron chi connectivity index (χ3n) is 5.31. The van der Waals surface area contributed by atoms with E-state index >= 15 is 0 Å². The number of imidazole rings is 1. The third kappa shape index (κ3) is 4.45. The van der Waals surface area contributed by atoms with E-state index < -0.39 is 0 Å². The topological polar surface area (TPSA) is 98.0 Å². The molecule has 1 atom stereocenters. The molecule has 0 saturated heterocycles. The standard InChI is InChI=1S/C24H26N6O2/c1-15-11-21(20-9-10-23(22(13-31)27-20)30-12-16(2)25-14-30)28-29-24(15)26-17(3)18-5-7-19(32-4)8-6-18/h5-12,14,17,31H,13H2,1-4H3,(H,26,29)/t17-/m0/s1. The van der Waals surface area contributed by atoms with Crippen LogP contribution in [0.25, 0.3) is 17.1 Å². The highest BCUT2D eigenvalue weighted by Crippen LogP contribution is 2.25. The van der Waals surface area contributed by atoms with Gasteiger partial charge in [-0.1, -0.05) is 12.1 Å². The smallest absolute Gasteiger partial charge is 0.152 e. The van der Waals surface area contributed by atoms with Crippen molar-refractivity contribution in [1.29, 1.82) is 0 Å². The molecule has 32 heavy (non-hydrogen) atoms. The normalized spacial score (nSPS) is 11.9. The van der Waals surface area contributed by atoms with E-state index in [0.29, 0.717) is 22.9 Å². The van der Waals surface area contributed by atoms with Crippen LogP contribution >= 0.6 is 0 Å². The zero-order valence-electron chi connectivity index (χ0n) is 18.6. The van der Waals surface area contributed by atoms with Crippen LogP contribution in [0.5, 0.6) is 5.75 Å². The number of nitrogens with zero attached hydrogens (tertiary/aromatic N) is 5. The molecule has 0 spiro atoms. The largest absolute Gasteiger partial charge is 0.497 e. The highest BCUT2D eigenvalue weighted by Gasteiger charge is 2.13. The average molecular weight is 431 g/mol. The van der Waals surface area contributed by atoms with Gasteiger partial charge in [-0.15, -0.1) is 10.2 Å². The molecule has 4 aromatic rings. The fourth-order valence-electron chi connectivity index (χ4n) is 3.47. The van der Waals surface area contributed by atoms with Gasteiger partial charge < -0.3 is 19.7 Å². The van der Waals surface area contributed by atoms with E-state index in [1.807, 2.05) is 67.1 Å². The van der Waals surface area contributed by atoms with Crippen LogP contribution in [-0.4, -0.2) is 36.9 Å². The summed E-state index contributed by atoms with van der Waals surface area (Å²) in [4.78, 5) is 8.85. The predicted molar refractivity (Wildman–Crippen MR) is 123 cm³/mol. The minimum atomic E-state index is -0.189. The molecule has 3 heterocycles. The molecular weight excluding hydrogens is 404 g/mol. The van der Waals surface area contributed by atoms with E-state index in [1.54, 1.807) is 13.4 Å². The molecular formula is C24H26N6O2. The van der Waals surface area contributed by atoms with Crippen LogP contribution in [0, 0.1) is 13.8 Å². The first-order valence-electron chi connectivity index (χ1n) is 10.4. The summed E-state index contributed by atoms with van der Waals surface area (Å²) >= 11 is 0. The monoisotopic (exact) mass is 430 g/mol. The zero-order valence-corrected chi connectivity index (χ0v) is 18.6. The van der Waals surface area contributed by atoms with E-state index in [1.165, 1.54) is 0 Å². The fourth-order valence-corrected chi connectivity index (χ4v) is 3.47. The number of aliphatic hydroxyl groups is 1. The number of rotatable bonds is 7. The summed E-state index contributed by atoms with van der Waals surface area (Å²) in [6.45, 7) is 5.78. The van der Waals surface area contributed by atoms with Crippen molar-refractivity contribution >= 4 is 5.82 Å². The molecule has 164 valence electrons. The Morgan fingerprint density at radius 1 is 1.06 bits per heavy atom. The third-order valence-corrected chi connectivity index (χ3v) is 5.31. The van der Waals surface area contributed by atoms with Crippen molar-refractivity contribution in [3.8, 4) is 22.8 Å². The molecule has 0 aliphatic rings. The summed E-state index contributed by atoms with van der Waals surface area (Å²) in [7, 11) is 1.65. The molecule has 0 bridgehead atoms. The van der Waals surface area contributed by atoms with Crippen LogP contribution in [-0.2, 0) is 6.61 Å². The number of pyridine rings is 1. The predicted octanol–water partition coefficient (Wildman–Crippen LogP) is 4.02. The number of anilines is 1. The highest BCUT2D eigenvalue weighted by atomic mass is 16.5. The van der Waals surface area contributed by atoms with Crippen LogP contribution in [0.15, 0.2) is 55.0 Å². The number of nitrogens with one attached hydrogen (secondary N) is 1. The molecule has 1 aromatic carbocycles. The van der Waals surface area contributed by atoms with Gasteiger partial charge in [-0.2, -0.15) is 0 Å². The lowest BCUT2D eigenvalue weighted by atomic mass is 10.1. The van der Waals surface area contributed by atoms with Gasteiger partial charge in [0.1, 0.15) is 11.4 Å². The summed E-state index contributed by atoms with van der Waals surface area (Å²) in [5.41, 5.74) is 5.61. The van der Waals surface area contributed by atoms with Gasteiger partial charge in [-0.05, 0) is 62.2 Å². The first kappa shape index (κ1) is 21.5. The molecule has 0 aliphatic carbocycles. The Labute approximate surface area is 187 Å². The fraction of sp³-hybridized carbons (Fsp3) is 0.250. The van der Waals surface area contributed by atoms with Crippen molar-refractivity contribution < 1.29 is 9.84 Å². The van der Waals surface area contributed by atoms with Crippen molar-refractivity contribution in [2.24, 2.45) is 0 Å². The summed E-state index contributed by atoms with van der Waals surface area (Å²) in [5.74, 6) is 1.54. The molecule has 3 aromatic heterocycles. The molecule has 0 fully saturated rings. The second-order valence-electron chi connectivity index (χ2n) is 7.64. The van der Waals surface area contributed by atoms with E-state index in [-0.39, 0.29) is 12.6 Å². The van der Waals surface area contributed by atoms with Gasteiger partial charge in [-0.3, -0.25) is 0 Å². The Morgan fingerprint density at radius 3 is 2.47 bits per heavy atom. The highest BCUT2D eigenvalue weighted by molar-refractivity contribution is 5.60. The number of hydrogen-bond donors (Lipinski definition) is 2. The lowest BCUT2D eigenvalue weighted by Gasteiger charge is -2.17. The molecule has 4 rings (SSSR count). The van der Waals surface area contributed by atoms with Crippen molar-refractivity contribution in [2.75, 3.05) is 12.4 Å². The van der Waals surface area contributed by atoms with Crippen molar-refractivity contribution in [3.05, 3.63) is 77.5 Å². The SMILES string of the molecule is COc1ccc([C@H](C)Nc2nnc(-c3ccc(-n4cnc(C)c4)c(CO)n3)cc2C)cc1. The first-order valence-corrected chi connectivity index (χ1v) is 10.4. The second-order valence-corrected chi connectivity index (χ2v) is 7.64. The number of hydrogen-bond acceptors (Lipinski definition) is 7. The number of ether oxygens (including phenoxy) is 1. The van der Waals surface area contributed by atoms with Gasteiger partial charge >= 0.3 is 0 Å². The molecule has 0 radical (unpaired) electrons. The maximum absolute atomic E-state index is 9.85. The molecule has 0 saturated carbocycles. The van der Waals surface area contributed by atoms with E-state index in [4.69, 9.17) is 4.74 Å². The summed E-state index contributed by atoms with van der Waals surface area (Å²) in [5, 5.41) is 22.0. The van der Waals surface area contributed by atoms with Crippen molar-refractivity contribution in [2.45, 2.75) is 33.4 Å². The molecule has 0 amide bonds. The lowest BCUT2D eigenvalue weighted by molar-refractivity contribution is 0.276. The zero-order chi connectivity index (χ0) is 22.7. The summed E-state index contributed by atoms with van der Waals surface area (Å²) in [6, 6.07) is 13.7. The van der Waals surface area contributed by atoms with Gasteiger partial charge in [0.15, 0.2) is 5.82 Å². The minimum Gasteiger partial charge on any atom is -0.497 e. The Bertz CT molecular complexity index is 1220. The van der Waals surface area contributed by atoms with Crippen LogP contribution in [0.3, 0.4) is 0 Å². The Balaban J connectivity index is 1.56. The quantitative estimate of drug-likeness (QED) is 0.457. The van der Waals surface area contributed by atoms with E-state index in [0.717, 1.165) is 28.3 Å². The lowest BCUT2D eigenvalue weighted by Crippen LogP contribution is -2.10. The number of benzene rings is 1. The second kappa shape index (κ2) is 9.15. The molecule has 8 nitrogen and oxygen atoms in total. The van der Waals surface area contributed by atoms with Crippen LogP contribution in [0.1, 0.15) is 35.5 Å². The van der Waals surface area contributed by atoms with Gasteiger partial charge in [0.25, 0.3) is 0 Å². The average Bonchev–Trinajstić information content (AvgIpc) is 3.26. The van der Waals surface area contributed by atoms with Crippen molar-refractivity contribution in [1.82, 2.24) is 24.7 Å². The van der Waals surface area contributed by atoms with Gasteiger partial charge in [0, 0.05) is 6.20 Å². The number of aliphatic hydroxyl groups excluding tert-OH is 1. The van der Waals surface area contributed by atoms with E-state index in [2.05, 4.69) is 32.4 Å². The van der Waals surface area contributed by atoms with Gasteiger partial charge in [-0.25, -0.2) is 9.97 Å². The molecule has 0 unspecified atom stereocenters. The Hall–Kier alpha value is -3.78. The van der Waals surface area contributed by atoms with Crippen LogP contribution in [0.4, 0.5) is 5.82 Å². The maximum Gasteiger partial charge on any atom is 0.152 e. The maximum atomic E-state index is 9.85. The number of methoxy groups -OCH3 is 1. The molecule has 2 N–H and O–H groups in total. The van der Waals surface area contributed by atoms with Crippen molar-refractivity contribution in [3.63, 3.8) is 0 Å².